The summed E-state index contributed by atoms with van der Waals surface area (Å²) in [7, 11) is 0. The molecule has 1 heterocycles. The molecule has 110 valence electrons. The highest BCUT2D eigenvalue weighted by Crippen LogP contribution is 2.36. The smallest absolute Gasteiger partial charge is 0.393 e. The predicted octanol–water partition coefficient (Wildman–Crippen LogP) is 2.15. The highest BCUT2D eigenvalue weighted by Gasteiger charge is 2.42. The number of piperidine rings is 1. The van der Waals surface area contributed by atoms with Crippen LogP contribution in [0, 0.1) is 5.92 Å². The normalized spacial score (nSPS) is 19.9. The lowest BCUT2D eigenvalue weighted by atomic mass is 9.96. The van der Waals surface area contributed by atoms with Crippen LogP contribution in [0.2, 0.25) is 0 Å². The van der Waals surface area contributed by atoms with Crippen molar-refractivity contribution in [2.45, 2.75) is 19.0 Å². The summed E-state index contributed by atoms with van der Waals surface area (Å²) >= 11 is 0. The first-order valence-corrected chi connectivity index (χ1v) is 6.30. The molecular weight excluding hydrogens is 271 g/mol. The van der Waals surface area contributed by atoms with Gasteiger partial charge in [-0.15, -0.1) is 0 Å². The summed E-state index contributed by atoms with van der Waals surface area (Å²) < 4.78 is 38.4. The molecule has 1 fully saturated rings. The average Bonchev–Trinajstić information content (AvgIpc) is 2.38. The van der Waals surface area contributed by atoms with Gasteiger partial charge in [0.05, 0.1) is 22.9 Å². The minimum atomic E-state index is -4.21. The molecule has 1 aromatic carbocycles. The number of carbonyl (C=O) groups excluding carboxylic acids is 1. The number of anilines is 2. The highest BCUT2D eigenvalue weighted by atomic mass is 19.4. The lowest BCUT2D eigenvalue weighted by Gasteiger charge is -2.36. The first-order chi connectivity index (χ1) is 9.30. The number of carbonyl (C=O) groups is 1. The van der Waals surface area contributed by atoms with E-state index in [4.69, 9.17) is 11.5 Å². The highest BCUT2D eigenvalue weighted by molar-refractivity contribution is 6.00. The third-order valence-electron chi connectivity index (χ3n) is 3.57. The van der Waals surface area contributed by atoms with Crippen molar-refractivity contribution in [3.05, 3.63) is 23.8 Å². The van der Waals surface area contributed by atoms with Gasteiger partial charge in [0.2, 0.25) is 0 Å². The van der Waals surface area contributed by atoms with Crippen molar-refractivity contribution >= 4 is 17.3 Å². The number of halogens is 3. The van der Waals surface area contributed by atoms with Gasteiger partial charge in [-0.05, 0) is 25.0 Å². The van der Waals surface area contributed by atoms with Crippen molar-refractivity contribution in [3.63, 3.8) is 0 Å². The Labute approximate surface area is 114 Å². The molecule has 4 nitrogen and oxygen atoms in total. The fourth-order valence-corrected chi connectivity index (χ4v) is 2.51. The molecule has 1 unspecified atom stereocenters. The number of hydrogen-bond donors (Lipinski definition) is 2. The predicted molar refractivity (Wildman–Crippen MR) is 70.4 cm³/mol. The molecule has 1 saturated heterocycles. The number of nitrogen functional groups attached to an aromatic ring is 1. The lowest BCUT2D eigenvalue weighted by molar-refractivity contribution is -0.175. The van der Waals surface area contributed by atoms with Gasteiger partial charge >= 0.3 is 6.18 Å². The summed E-state index contributed by atoms with van der Waals surface area (Å²) in [6, 6.07) is 4.65. The van der Waals surface area contributed by atoms with Crippen LogP contribution in [0.25, 0.3) is 0 Å². The number of nitrogens with zero attached hydrogens (tertiary/aromatic N) is 1. The van der Waals surface area contributed by atoms with Gasteiger partial charge < -0.3 is 16.4 Å². The molecule has 1 aromatic rings. The van der Waals surface area contributed by atoms with E-state index < -0.39 is 18.0 Å². The maximum Gasteiger partial charge on any atom is 0.393 e. The van der Waals surface area contributed by atoms with Gasteiger partial charge in [0.15, 0.2) is 0 Å². The Bertz CT molecular complexity index is 516. The average molecular weight is 287 g/mol. The van der Waals surface area contributed by atoms with Crippen LogP contribution < -0.4 is 16.4 Å². The van der Waals surface area contributed by atoms with Gasteiger partial charge in [0.25, 0.3) is 5.91 Å². The number of alkyl halides is 3. The summed E-state index contributed by atoms with van der Waals surface area (Å²) in [4.78, 5) is 12.8. The first kappa shape index (κ1) is 14.5. The SMILES string of the molecule is NC(=O)c1cccc(N2CCCC(C(F)(F)F)C2)c1N. The van der Waals surface area contributed by atoms with Crippen molar-refractivity contribution < 1.29 is 18.0 Å². The second-order valence-electron chi connectivity index (χ2n) is 4.93. The van der Waals surface area contributed by atoms with Crippen molar-refractivity contribution in [2.24, 2.45) is 11.7 Å². The molecule has 1 amide bonds. The second-order valence-corrected chi connectivity index (χ2v) is 4.93. The zero-order valence-electron chi connectivity index (χ0n) is 10.8. The Kier molecular flexibility index (Phi) is 3.78. The molecule has 0 aliphatic carbocycles. The topological polar surface area (TPSA) is 72.4 Å². The van der Waals surface area contributed by atoms with Crippen LogP contribution in [-0.4, -0.2) is 25.2 Å². The Morgan fingerprint density at radius 2 is 2.05 bits per heavy atom. The molecule has 2 rings (SSSR count). The van der Waals surface area contributed by atoms with Gasteiger partial charge in [-0.25, -0.2) is 0 Å². The molecule has 0 spiro atoms. The summed E-state index contributed by atoms with van der Waals surface area (Å²) in [6.07, 6.45) is -3.66. The lowest BCUT2D eigenvalue weighted by Crippen LogP contribution is -2.42. The fraction of sp³-hybridized carbons (Fsp3) is 0.462. The fourth-order valence-electron chi connectivity index (χ4n) is 2.51. The molecule has 0 aromatic heterocycles. The van der Waals surface area contributed by atoms with Crippen molar-refractivity contribution in [1.82, 2.24) is 0 Å². The third-order valence-corrected chi connectivity index (χ3v) is 3.57. The Morgan fingerprint density at radius 3 is 2.65 bits per heavy atom. The first-order valence-electron chi connectivity index (χ1n) is 6.30. The molecule has 0 bridgehead atoms. The molecule has 1 aliphatic rings. The van der Waals surface area contributed by atoms with Crippen LogP contribution in [-0.2, 0) is 0 Å². The van der Waals surface area contributed by atoms with E-state index in [0.717, 1.165) is 0 Å². The molecule has 1 atom stereocenters. The maximum absolute atomic E-state index is 12.8. The Morgan fingerprint density at radius 1 is 1.35 bits per heavy atom. The molecule has 4 N–H and O–H groups in total. The maximum atomic E-state index is 12.8. The van der Waals surface area contributed by atoms with E-state index in [9.17, 15) is 18.0 Å². The number of nitrogens with two attached hydrogens (primary N) is 2. The number of benzene rings is 1. The minimum absolute atomic E-state index is 0.120. The van der Waals surface area contributed by atoms with Gasteiger partial charge in [-0.2, -0.15) is 13.2 Å². The van der Waals surface area contributed by atoms with E-state index in [1.54, 1.807) is 17.0 Å². The summed E-state index contributed by atoms with van der Waals surface area (Å²) in [5.74, 6) is -2.05. The number of primary amides is 1. The van der Waals surface area contributed by atoms with Crippen LogP contribution in [0.4, 0.5) is 24.5 Å². The second kappa shape index (κ2) is 5.22. The van der Waals surface area contributed by atoms with Crippen LogP contribution in [0.1, 0.15) is 23.2 Å². The summed E-state index contributed by atoms with van der Waals surface area (Å²) in [5.41, 5.74) is 11.8. The zero-order valence-corrected chi connectivity index (χ0v) is 10.8. The largest absolute Gasteiger partial charge is 0.396 e. The zero-order chi connectivity index (χ0) is 14.9. The molecule has 0 radical (unpaired) electrons. The third kappa shape index (κ3) is 2.81. The standard InChI is InChI=1S/C13H16F3N3O/c14-13(15,16)8-3-2-6-19(7-8)10-5-1-4-9(11(10)17)12(18)20/h1,4-5,8H,2-3,6-7,17H2,(H2,18,20). The number of hydrogen-bond acceptors (Lipinski definition) is 3. The molecule has 1 aliphatic heterocycles. The number of amides is 1. The monoisotopic (exact) mass is 287 g/mol. The van der Waals surface area contributed by atoms with E-state index in [0.29, 0.717) is 18.7 Å². The summed E-state index contributed by atoms with van der Waals surface area (Å²) in [6.45, 7) is 0.342. The van der Waals surface area contributed by atoms with Gasteiger partial charge in [-0.1, -0.05) is 6.07 Å². The van der Waals surface area contributed by atoms with Crippen LogP contribution in [0.15, 0.2) is 18.2 Å². The number of para-hydroxylation sites is 1. The van der Waals surface area contributed by atoms with E-state index >= 15 is 0 Å². The van der Waals surface area contributed by atoms with Crippen molar-refractivity contribution in [2.75, 3.05) is 23.7 Å². The quantitative estimate of drug-likeness (QED) is 0.819. The van der Waals surface area contributed by atoms with E-state index in [2.05, 4.69) is 0 Å². The van der Waals surface area contributed by atoms with Gasteiger partial charge in [0, 0.05) is 13.1 Å². The van der Waals surface area contributed by atoms with E-state index in [-0.39, 0.29) is 24.2 Å². The Balaban J connectivity index is 2.28. The minimum Gasteiger partial charge on any atom is -0.396 e. The van der Waals surface area contributed by atoms with Crippen molar-refractivity contribution in [3.8, 4) is 0 Å². The van der Waals surface area contributed by atoms with Crippen LogP contribution >= 0.6 is 0 Å². The molecular formula is C13H16F3N3O. The molecule has 0 saturated carbocycles. The van der Waals surface area contributed by atoms with Crippen LogP contribution in [0.5, 0.6) is 0 Å². The number of rotatable bonds is 2. The van der Waals surface area contributed by atoms with Crippen LogP contribution in [0.3, 0.4) is 0 Å². The van der Waals surface area contributed by atoms with Crippen molar-refractivity contribution in [1.29, 1.82) is 0 Å². The Hall–Kier alpha value is -1.92. The van der Waals surface area contributed by atoms with Gasteiger partial charge in [-0.3, -0.25) is 4.79 Å². The summed E-state index contributed by atoms with van der Waals surface area (Å²) in [5, 5.41) is 0. The van der Waals surface area contributed by atoms with E-state index in [1.165, 1.54) is 6.07 Å². The molecule has 20 heavy (non-hydrogen) atoms. The molecule has 7 heteroatoms. The van der Waals surface area contributed by atoms with Gasteiger partial charge in [0.1, 0.15) is 0 Å². The van der Waals surface area contributed by atoms with E-state index in [1.807, 2.05) is 0 Å².